The maximum Gasteiger partial charge on any atom is 0.162 e. The number of halogens is 3. The zero-order valence-corrected chi connectivity index (χ0v) is 11.7. The van der Waals surface area contributed by atoms with Gasteiger partial charge in [0.05, 0.1) is 0 Å². The summed E-state index contributed by atoms with van der Waals surface area (Å²) in [6.45, 7) is 0.557. The van der Waals surface area contributed by atoms with E-state index >= 15 is 0 Å². The van der Waals surface area contributed by atoms with E-state index in [9.17, 15) is 18.3 Å². The van der Waals surface area contributed by atoms with Gasteiger partial charge in [-0.2, -0.15) is 0 Å². The number of aliphatic hydroxyl groups is 1. The molecule has 2 aromatic carbocycles. The van der Waals surface area contributed by atoms with Crippen molar-refractivity contribution in [1.29, 1.82) is 0 Å². The van der Waals surface area contributed by atoms with E-state index in [2.05, 4.69) is 5.32 Å². The Bertz CT molecular complexity index is 622. The number of ether oxygens (including phenoxy) is 1. The summed E-state index contributed by atoms with van der Waals surface area (Å²) >= 11 is 0. The zero-order valence-electron chi connectivity index (χ0n) is 11.7. The molecule has 2 rings (SSSR count). The summed E-state index contributed by atoms with van der Waals surface area (Å²) in [6.07, 6.45) is -0.832. The van der Waals surface area contributed by atoms with Crippen molar-refractivity contribution in [3.63, 3.8) is 0 Å². The van der Waals surface area contributed by atoms with E-state index in [0.29, 0.717) is 6.54 Å². The number of hydrogen-bond donors (Lipinski definition) is 2. The van der Waals surface area contributed by atoms with E-state index in [0.717, 1.165) is 17.7 Å². The molecule has 0 spiro atoms. The highest BCUT2D eigenvalue weighted by atomic mass is 19.2. The molecule has 0 amide bonds. The standard InChI is InChI=1S/C16H16F3NO2/c17-12-3-1-2-11(6-12)8-20-9-13(21)10-22-14-4-5-15(18)16(19)7-14/h1-7,13,20-21H,8-10H2. The second-order valence-corrected chi connectivity index (χ2v) is 4.80. The molecule has 1 unspecified atom stereocenters. The molecule has 0 saturated carbocycles. The van der Waals surface area contributed by atoms with Crippen molar-refractivity contribution in [1.82, 2.24) is 5.32 Å². The maximum absolute atomic E-state index is 13.0. The van der Waals surface area contributed by atoms with Gasteiger partial charge in [-0.1, -0.05) is 12.1 Å². The van der Waals surface area contributed by atoms with Crippen molar-refractivity contribution < 1.29 is 23.0 Å². The van der Waals surface area contributed by atoms with Gasteiger partial charge < -0.3 is 15.2 Å². The second kappa shape index (κ2) is 7.82. The van der Waals surface area contributed by atoms with Crippen LogP contribution in [0.25, 0.3) is 0 Å². The van der Waals surface area contributed by atoms with Crippen LogP contribution in [0.2, 0.25) is 0 Å². The molecule has 3 nitrogen and oxygen atoms in total. The summed E-state index contributed by atoms with van der Waals surface area (Å²) in [7, 11) is 0. The molecule has 1 atom stereocenters. The summed E-state index contributed by atoms with van der Waals surface area (Å²) in [4.78, 5) is 0. The molecule has 0 saturated heterocycles. The smallest absolute Gasteiger partial charge is 0.162 e. The van der Waals surface area contributed by atoms with Crippen molar-refractivity contribution in [2.75, 3.05) is 13.2 Å². The molecule has 0 aliphatic carbocycles. The highest BCUT2D eigenvalue weighted by Gasteiger charge is 2.07. The minimum atomic E-state index is -1.00. The normalized spacial score (nSPS) is 12.2. The van der Waals surface area contributed by atoms with E-state index < -0.39 is 17.7 Å². The van der Waals surface area contributed by atoms with Gasteiger partial charge in [-0.05, 0) is 29.8 Å². The van der Waals surface area contributed by atoms with Crippen LogP contribution in [0.4, 0.5) is 13.2 Å². The number of rotatable bonds is 7. The van der Waals surface area contributed by atoms with Crippen LogP contribution >= 0.6 is 0 Å². The largest absolute Gasteiger partial charge is 0.491 e. The predicted octanol–water partition coefficient (Wildman–Crippen LogP) is 2.63. The van der Waals surface area contributed by atoms with E-state index in [1.165, 1.54) is 18.2 Å². The molecule has 0 aromatic heterocycles. The van der Waals surface area contributed by atoms with Crippen LogP contribution in [0, 0.1) is 17.5 Å². The lowest BCUT2D eigenvalue weighted by molar-refractivity contribution is 0.106. The third kappa shape index (κ3) is 5.05. The van der Waals surface area contributed by atoms with Gasteiger partial charge in [0.15, 0.2) is 11.6 Å². The molecule has 0 aliphatic rings. The third-order valence-electron chi connectivity index (χ3n) is 2.93. The van der Waals surface area contributed by atoms with Crippen molar-refractivity contribution in [3.05, 3.63) is 65.5 Å². The maximum atomic E-state index is 13.0. The Morgan fingerprint density at radius 1 is 1.05 bits per heavy atom. The summed E-state index contributed by atoms with van der Waals surface area (Å²) in [5, 5.41) is 12.7. The molecule has 0 aliphatic heterocycles. The highest BCUT2D eigenvalue weighted by molar-refractivity contribution is 5.23. The summed E-state index contributed by atoms with van der Waals surface area (Å²) in [5.41, 5.74) is 0.758. The van der Waals surface area contributed by atoms with Crippen molar-refractivity contribution >= 4 is 0 Å². The summed E-state index contributed by atoms with van der Waals surface area (Å²) in [6, 6.07) is 9.28. The van der Waals surface area contributed by atoms with Gasteiger partial charge in [-0.25, -0.2) is 13.2 Å². The van der Waals surface area contributed by atoms with Crippen molar-refractivity contribution in [3.8, 4) is 5.75 Å². The Morgan fingerprint density at radius 3 is 2.59 bits per heavy atom. The first kappa shape index (κ1) is 16.3. The Hall–Kier alpha value is -2.05. The molecule has 2 aromatic rings. The molecule has 0 heterocycles. The van der Waals surface area contributed by atoms with E-state index in [1.807, 2.05) is 0 Å². The highest BCUT2D eigenvalue weighted by Crippen LogP contribution is 2.15. The fourth-order valence-electron chi connectivity index (χ4n) is 1.85. The molecule has 22 heavy (non-hydrogen) atoms. The Kier molecular flexibility index (Phi) is 5.80. The van der Waals surface area contributed by atoms with Crippen LogP contribution in [0.5, 0.6) is 5.75 Å². The molecule has 0 fully saturated rings. The van der Waals surface area contributed by atoms with Gasteiger partial charge in [0.2, 0.25) is 0 Å². The number of aliphatic hydroxyl groups excluding tert-OH is 1. The average Bonchev–Trinajstić information content (AvgIpc) is 2.48. The van der Waals surface area contributed by atoms with Gasteiger partial charge in [-0.15, -0.1) is 0 Å². The van der Waals surface area contributed by atoms with Crippen molar-refractivity contribution in [2.24, 2.45) is 0 Å². The van der Waals surface area contributed by atoms with Gasteiger partial charge >= 0.3 is 0 Å². The second-order valence-electron chi connectivity index (χ2n) is 4.80. The molecule has 0 radical (unpaired) electrons. The fourth-order valence-corrected chi connectivity index (χ4v) is 1.85. The lowest BCUT2D eigenvalue weighted by Crippen LogP contribution is -2.31. The number of nitrogens with one attached hydrogen (secondary N) is 1. The quantitative estimate of drug-likeness (QED) is 0.826. The summed E-state index contributed by atoms with van der Waals surface area (Å²) in [5.74, 6) is -2.13. The van der Waals surface area contributed by atoms with Gasteiger partial charge in [0.1, 0.15) is 24.3 Å². The third-order valence-corrected chi connectivity index (χ3v) is 2.93. The first-order valence-electron chi connectivity index (χ1n) is 6.75. The molecule has 2 N–H and O–H groups in total. The van der Waals surface area contributed by atoms with Crippen molar-refractivity contribution in [2.45, 2.75) is 12.6 Å². The van der Waals surface area contributed by atoms with Crippen LogP contribution < -0.4 is 10.1 Å². The predicted molar refractivity (Wildman–Crippen MR) is 76.0 cm³/mol. The van der Waals surface area contributed by atoms with Crippen LogP contribution in [0.3, 0.4) is 0 Å². The number of hydrogen-bond acceptors (Lipinski definition) is 3. The minimum Gasteiger partial charge on any atom is -0.491 e. The Balaban J connectivity index is 1.71. The van der Waals surface area contributed by atoms with Gasteiger partial charge in [0, 0.05) is 19.2 Å². The van der Waals surface area contributed by atoms with Crippen LogP contribution in [0.15, 0.2) is 42.5 Å². The van der Waals surface area contributed by atoms with Gasteiger partial charge in [0.25, 0.3) is 0 Å². The monoisotopic (exact) mass is 311 g/mol. The molecule has 118 valence electrons. The fraction of sp³-hybridized carbons (Fsp3) is 0.250. The lowest BCUT2D eigenvalue weighted by Gasteiger charge is -2.13. The molecule has 6 heteroatoms. The topological polar surface area (TPSA) is 41.5 Å². The van der Waals surface area contributed by atoms with Crippen LogP contribution in [0.1, 0.15) is 5.56 Å². The van der Waals surface area contributed by atoms with E-state index in [-0.39, 0.29) is 24.7 Å². The van der Waals surface area contributed by atoms with E-state index in [4.69, 9.17) is 4.74 Å². The average molecular weight is 311 g/mol. The summed E-state index contributed by atoms with van der Waals surface area (Å²) < 4.78 is 43.8. The van der Waals surface area contributed by atoms with Crippen LogP contribution in [-0.4, -0.2) is 24.4 Å². The SMILES string of the molecule is OC(CNCc1cccc(F)c1)COc1ccc(F)c(F)c1. The Labute approximate surface area is 126 Å². The lowest BCUT2D eigenvalue weighted by atomic mass is 10.2. The van der Waals surface area contributed by atoms with E-state index in [1.54, 1.807) is 12.1 Å². The molecular weight excluding hydrogens is 295 g/mol. The zero-order chi connectivity index (χ0) is 15.9. The number of benzene rings is 2. The first-order valence-corrected chi connectivity index (χ1v) is 6.75. The van der Waals surface area contributed by atoms with Gasteiger partial charge in [-0.3, -0.25) is 0 Å². The Morgan fingerprint density at radius 2 is 1.86 bits per heavy atom. The van der Waals surface area contributed by atoms with Crippen LogP contribution in [-0.2, 0) is 6.54 Å². The molecular formula is C16H16F3NO2. The minimum absolute atomic E-state index is 0.0682. The molecule has 0 bridgehead atoms. The first-order chi connectivity index (χ1) is 10.5.